The van der Waals surface area contributed by atoms with Crippen LogP contribution in [0.3, 0.4) is 0 Å². The van der Waals surface area contributed by atoms with Gasteiger partial charge in [-0.3, -0.25) is 0 Å². The van der Waals surface area contributed by atoms with E-state index in [4.69, 9.17) is 5.73 Å². The SMILES string of the molecule is C[C@H](N)c1ccc(-n2nnc(-c3ccccc3)n2)c(F)c1. The fourth-order valence-corrected chi connectivity index (χ4v) is 1.99. The van der Waals surface area contributed by atoms with E-state index in [9.17, 15) is 4.39 Å². The monoisotopic (exact) mass is 283 g/mol. The van der Waals surface area contributed by atoms with Crippen molar-refractivity contribution in [3.05, 3.63) is 59.9 Å². The second kappa shape index (κ2) is 5.41. The number of nitrogens with two attached hydrogens (primary N) is 1. The molecule has 0 saturated heterocycles. The van der Waals surface area contributed by atoms with Gasteiger partial charge in [-0.05, 0) is 29.8 Å². The van der Waals surface area contributed by atoms with Crippen molar-refractivity contribution in [3.8, 4) is 17.1 Å². The molecule has 2 N–H and O–H groups in total. The highest BCUT2D eigenvalue weighted by Gasteiger charge is 2.12. The van der Waals surface area contributed by atoms with Crippen molar-refractivity contribution in [2.45, 2.75) is 13.0 Å². The summed E-state index contributed by atoms with van der Waals surface area (Å²) in [5.74, 6) is 0.0214. The van der Waals surface area contributed by atoms with Crippen LogP contribution in [0.1, 0.15) is 18.5 Å². The molecule has 0 amide bonds. The fraction of sp³-hybridized carbons (Fsp3) is 0.133. The molecule has 0 unspecified atom stereocenters. The summed E-state index contributed by atoms with van der Waals surface area (Å²) in [7, 11) is 0. The van der Waals surface area contributed by atoms with Gasteiger partial charge in [0, 0.05) is 11.6 Å². The van der Waals surface area contributed by atoms with Gasteiger partial charge in [0.1, 0.15) is 5.69 Å². The Morgan fingerprint density at radius 1 is 1.14 bits per heavy atom. The Balaban J connectivity index is 1.97. The molecule has 5 nitrogen and oxygen atoms in total. The summed E-state index contributed by atoms with van der Waals surface area (Å²) in [6.07, 6.45) is 0. The molecule has 3 aromatic rings. The van der Waals surface area contributed by atoms with Crippen molar-refractivity contribution in [2.24, 2.45) is 5.73 Å². The minimum absolute atomic E-state index is 0.225. The van der Waals surface area contributed by atoms with Gasteiger partial charge in [0.05, 0.1) is 0 Å². The second-order valence-corrected chi connectivity index (χ2v) is 4.77. The van der Waals surface area contributed by atoms with Gasteiger partial charge >= 0.3 is 0 Å². The van der Waals surface area contributed by atoms with E-state index in [-0.39, 0.29) is 11.7 Å². The molecule has 21 heavy (non-hydrogen) atoms. The lowest BCUT2D eigenvalue weighted by Gasteiger charge is -2.07. The van der Waals surface area contributed by atoms with Crippen molar-refractivity contribution >= 4 is 0 Å². The van der Waals surface area contributed by atoms with Gasteiger partial charge in [-0.2, -0.15) is 0 Å². The number of benzene rings is 2. The molecular weight excluding hydrogens is 269 g/mol. The highest BCUT2D eigenvalue weighted by molar-refractivity contribution is 5.53. The van der Waals surface area contributed by atoms with E-state index in [0.29, 0.717) is 5.82 Å². The van der Waals surface area contributed by atoms with E-state index in [0.717, 1.165) is 11.1 Å². The van der Waals surface area contributed by atoms with E-state index in [2.05, 4.69) is 15.4 Å². The molecule has 6 heteroatoms. The van der Waals surface area contributed by atoms with Gasteiger partial charge in [-0.1, -0.05) is 36.4 Å². The van der Waals surface area contributed by atoms with Gasteiger partial charge < -0.3 is 5.73 Å². The maximum absolute atomic E-state index is 14.1. The van der Waals surface area contributed by atoms with Crippen LogP contribution in [-0.4, -0.2) is 20.2 Å². The third-order valence-corrected chi connectivity index (χ3v) is 3.16. The number of halogens is 1. The minimum atomic E-state index is -0.429. The molecular formula is C15H14FN5. The third-order valence-electron chi connectivity index (χ3n) is 3.16. The molecule has 0 fully saturated rings. The predicted octanol–water partition coefficient (Wildman–Crippen LogP) is 2.49. The van der Waals surface area contributed by atoms with E-state index >= 15 is 0 Å². The van der Waals surface area contributed by atoms with Crippen LogP contribution in [0, 0.1) is 5.82 Å². The maximum atomic E-state index is 14.1. The summed E-state index contributed by atoms with van der Waals surface area (Å²) < 4.78 is 14.1. The van der Waals surface area contributed by atoms with Crippen molar-refractivity contribution in [2.75, 3.05) is 0 Å². The van der Waals surface area contributed by atoms with Crippen molar-refractivity contribution in [1.82, 2.24) is 20.2 Å². The van der Waals surface area contributed by atoms with Crippen molar-refractivity contribution < 1.29 is 4.39 Å². The van der Waals surface area contributed by atoms with Crippen molar-refractivity contribution in [3.63, 3.8) is 0 Å². The number of hydrogen-bond acceptors (Lipinski definition) is 4. The van der Waals surface area contributed by atoms with Gasteiger partial charge in [0.25, 0.3) is 0 Å². The van der Waals surface area contributed by atoms with Gasteiger partial charge in [-0.15, -0.1) is 15.0 Å². The van der Waals surface area contributed by atoms with Gasteiger partial charge in [0.15, 0.2) is 5.82 Å². The van der Waals surface area contributed by atoms with E-state index in [1.54, 1.807) is 19.1 Å². The van der Waals surface area contributed by atoms with Crippen LogP contribution in [-0.2, 0) is 0 Å². The molecule has 2 aromatic carbocycles. The predicted molar refractivity (Wildman–Crippen MR) is 77.2 cm³/mol. The summed E-state index contributed by atoms with van der Waals surface area (Å²) in [5, 5.41) is 12.1. The van der Waals surface area contributed by atoms with Crippen LogP contribution in [0.25, 0.3) is 17.1 Å². The molecule has 1 atom stereocenters. The zero-order valence-corrected chi connectivity index (χ0v) is 11.4. The molecule has 0 spiro atoms. The molecule has 0 saturated carbocycles. The topological polar surface area (TPSA) is 69.6 Å². The lowest BCUT2D eigenvalue weighted by molar-refractivity contribution is 0.587. The molecule has 0 aliphatic carbocycles. The molecule has 1 heterocycles. The summed E-state index contributed by atoms with van der Waals surface area (Å²) in [6.45, 7) is 1.80. The first-order valence-corrected chi connectivity index (χ1v) is 6.56. The Kier molecular flexibility index (Phi) is 3.45. The molecule has 106 valence electrons. The van der Waals surface area contributed by atoms with Gasteiger partial charge in [-0.25, -0.2) is 4.39 Å². The molecule has 3 rings (SSSR count). The average molecular weight is 283 g/mol. The van der Waals surface area contributed by atoms with Crippen LogP contribution in [0.4, 0.5) is 4.39 Å². The largest absolute Gasteiger partial charge is 0.324 e. The quantitative estimate of drug-likeness (QED) is 0.801. The average Bonchev–Trinajstić information content (AvgIpc) is 2.97. The van der Waals surface area contributed by atoms with Gasteiger partial charge in [0.2, 0.25) is 5.82 Å². The number of rotatable bonds is 3. The fourth-order valence-electron chi connectivity index (χ4n) is 1.99. The molecule has 1 aromatic heterocycles. The van der Waals surface area contributed by atoms with Crippen molar-refractivity contribution in [1.29, 1.82) is 0 Å². The maximum Gasteiger partial charge on any atom is 0.205 e. The highest BCUT2D eigenvalue weighted by atomic mass is 19.1. The summed E-state index contributed by atoms with van der Waals surface area (Å²) in [4.78, 5) is 1.18. The smallest absolute Gasteiger partial charge is 0.205 e. The van der Waals surface area contributed by atoms with Crippen LogP contribution >= 0.6 is 0 Å². The zero-order valence-electron chi connectivity index (χ0n) is 11.4. The number of hydrogen-bond donors (Lipinski definition) is 1. The zero-order chi connectivity index (χ0) is 14.8. The van der Waals surface area contributed by atoms with E-state index in [1.165, 1.54) is 10.9 Å². The first kappa shape index (κ1) is 13.4. The molecule has 0 aliphatic heterocycles. The Labute approximate surface area is 121 Å². The lowest BCUT2D eigenvalue weighted by atomic mass is 10.1. The minimum Gasteiger partial charge on any atom is -0.324 e. The molecule has 0 bridgehead atoms. The summed E-state index contributed by atoms with van der Waals surface area (Å²) in [5.41, 5.74) is 7.53. The van der Waals surface area contributed by atoms with Crippen LogP contribution in [0.2, 0.25) is 0 Å². The number of tetrazole rings is 1. The summed E-state index contributed by atoms with van der Waals surface area (Å²) in [6, 6.07) is 13.9. The van der Waals surface area contributed by atoms with Crippen LogP contribution in [0.5, 0.6) is 0 Å². The van der Waals surface area contributed by atoms with E-state index < -0.39 is 5.82 Å². The van der Waals surface area contributed by atoms with Crippen LogP contribution in [0.15, 0.2) is 48.5 Å². The first-order chi connectivity index (χ1) is 10.1. The Hall–Kier alpha value is -2.60. The molecule has 0 aliphatic rings. The normalized spacial score (nSPS) is 12.3. The van der Waals surface area contributed by atoms with E-state index in [1.807, 2.05) is 30.3 Å². The summed E-state index contributed by atoms with van der Waals surface area (Å²) >= 11 is 0. The Bertz CT molecular complexity index is 752. The standard InChI is InChI=1S/C15H14FN5/c1-10(17)12-7-8-14(13(16)9-12)21-19-15(18-20-21)11-5-3-2-4-6-11/h2-10H,17H2,1H3/t10-/m0/s1. The second-order valence-electron chi connectivity index (χ2n) is 4.77. The molecule has 0 radical (unpaired) electrons. The Morgan fingerprint density at radius 2 is 1.90 bits per heavy atom. The highest BCUT2D eigenvalue weighted by Crippen LogP contribution is 2.19. The lowest BCUT2D eigenvalue weighted by Crippen LogP contribution is -2.08. The Morgan fingerprint density at radius 3 is 2.57 bits per heavy atom. The first-order valence-electron chi connectivity index (χ1n) is 6.56. The number of nitrogens with zero attached hydrogens (tertiary/aromatic N) is 4. The van der Waals surface area contributed by atoms with Crippen LogP contribution < -0.4 is 5.73 Å². The third kappa shape index (κ3) is 2.66. The number of aromatic nitrogens is 4.